The summed E-state index contributed by atoms with van der Waals surface area (Å²) in [6.45, 7) is 2.04. The molecule has 3 nitrogen and oxygen atoms in total. The van der Waals surface area contributed by atoms with E-state index in [4.69, 9.17) is 5.11 Å². The molecule has 0 saturated carbocycles. The average Bonchev–Trinajstić information content (AvgIpc) is 2.18. The smallest absolute Gasteiger partial charge is 0.325 e. The Morgan fingerprint density at radius 3 is 2.73 bits per heavy atom. The predicted octanol–water partition coefficient (Wildman–Crippen LogP) is 1.70. The molecule has 2 N–H and O–H groups in total. The standard InChI is InChI=1S/C10H11F2NO2/c1-2-13-9(10(14)15)7-5-6(11)3-4-8(7)12/h3-5,9,13H,2H2,1H3,(H,14,15). The summed E-state index contributed by atoms with van der Waals surface area (Å²) in [5, 5.41) is 11.4. The van der Waals surface area contributed by atoms with Gasteiger partial charge >= 0.3 is 5.97 Å². The minimum absolute atomic E-state index is 0.190. The molecule has 0 fully saturated rings. The van der Waals surface area contributed by atoms with Crippen molar-refractivity contribution in [2.24, 2.45) is 0 Å². The molecule has 0 aliphatic heterocycles. The van der Waals surface area contributed by atoms with E-state index in [1.165, 1.54) is 0 Å². The first-order chi connectivity index (χ1) is 7.06. The van der Waals surface area contributed by atoms with Crippen LogP contribution in [-0.4, -0.2) is 17.6 Å². The van der Waals surface area contributed by atoms with Crippen molar-refractivity contribution in [3.8, 4) is 0 Å². The van der Waals surface area contributed by atoms with Crippen molar-refractivity contribution in [3.63, 3.8) is 0 Å². The Hall–Kier alpha value is -1.49. The molecule has 15 heavy (non-hydrogen) atoms. The lowest BCUT2D eigenvalue weighted by molar-refractivity contribution is -0.139. The van der Waals surface area contributed by atoms with E-state index in [0.717, 1.165) is 18.2 Å². The van der Waals surface area contributed by atoms with Crippen molar-refractivity contribution in [2.45, 2.75) is 13.0 Å². The molecule has 1 rings (SSSR count). The highest BCUT2D eigenvalue weighted by Gasteiger charge is 2.22. The molecule has 0 saturated heterocycles. The van der Waals surface area contributed by atoms with Gasteiger partial charge in [0.15, 0.2) is 0 Å². The first-order valence-electron chi connectivity index (χ1n) is 4.47. The largest absolute Gasteiger partial charge is 0.480 e. The van der Waals surface area contributed by atoms with Gasteiger partial charge in [-0.15, -0.1) is 0 Å². The third-order valence-electron chi connectivity index (χ3n) is 1.92. The average molecular weight is 215 g/mol. The monoisotopic (exact) mass is 215 g/mol. The lowest BCUT2D eigenvalue weighted by Gasteiger charge is -2.14. The van der Waals surface area contributed by atoms with Crippen LogP contribution in [0.5, 0.6) is 0 Å². The summed E-state index contributed by atoms with van der Waals surface area (Å²) in [5.41, 5.74) is -0.190. The van der Waals surface area contributed by atoms with E-state index in [2.05, 4.69) is 5.32 Å². The number of hydrogen-bond acceptors (Lipinski definition) is 2. The van der Waals surface area contributed by atoms with Crippen LogP contribution in [-0.2, 0) is 4.79 Å². The Bertz CT molecular complexity index is 368. The summed E-state index contributed by atoms with van der Waals surface area (Å²) < 4.78 is 26.1. The normalized spacial score (nSPS) is 12.5. The van der Waals surface area contributed by atoms with Crippen molar-refractivity contribution in [1.29, 1.82) is 0 Å². The van der Waals surface area contributed by atoms with Crippen LogP contribution in [0.3, 0.4) is 0 Å². The molecule has 82 valence electrons. The fourth-order valence-electron chi connectivity index (χ4n) is 1.27. The van der Waals surface area contributed by atoms with E-state index in [9.17, 15) is 13.6 Å². The molecule has 0 bridgehead atoms. The van der Waals surface area contributed by atoms with E-state index in [0.29, 0.717) is 6.54 Å². The van der Waals surface area contributed by atoms with E-state index < -0.39 is 23.6 Å². The minimum atomic E-state index is -1.23. The van der Waals surface area contributed by atoms with Gasteiger partial charge < -0.3 is 10.4 Å². The van der Waals surface area contributed by atoms with Crippen molar-refractivity contribution in [1.82, 2.24) is 5.32 Å². The van der Waals surface area contributed by atoms with E-state index in [1.54, 1.807) is 6.92 Å². The fraction of sp³-hybridized carbons (Fsp3) is 0.300. The van der Waals surface area contributed by atoms with Crippen LogP contribution in [0.2, 0.25) is 0 Å². The van der Waals surface area contributed by atoms with Gasteiger partial charge in [0.2, 0.25) is 0 Å². The van der Waals surface area contributed by atoms with Crippen molar-refractivity contribution in [3.05, 3.63) is 35.4 Å². The van der Waals surface area contributed by atoms with Crippen LogP contribution in [0, 0.1) is 11.6 Å². The Balaban J connectivity index is 3.09. The Morgan fingerprint density at radius 1 is 1.53 bits per heavy atom. The number of benzene rings is 1. The van der Waals surface area contributed by atoms with Gasteiger partial charge in [-0.2, -0.15) is 0 Å². The van der Waals surface area contributed by atoms with Crippen LogP contribution >= 0.6 is 0 Å². The highest BCUT2D eigenvalue weighted by atomic mass is 19.1. The maximum Gasteiger partial charge on any atom is 0.325 e. The Labute approximate surface area is 85.7 Å². The van der Waals surface area contributed by atoms with Crippen molar-refractivity contribution >= 4 is 5.97 Å². The minimum Gasteiger partial charge on any atom is -0.480 e. The lowest BCUT2D eigenvalue weighted by atomic mass is 10.1. The molecule has 0 aliphatic rings. The van der Waals surface area contributed by atoms with Gasteiger partial charge in [-0.25, -0.2) is 8.78 Å². The quantitative estimate of drug-likeness (QED) is 0.803. The summed E-state index contributed by atoms with van der Waals surface area (Å²) in [6, 6.07) is 1.53. The van der Waals surface area contributed by atoms with Crippen molar-refractivity contribution in [2.75, 3.05) is 6.54 Å². The number of carboxylic acids is 1. The number of carbonyl (C=O) groups is 1. The van der Waals surface area contributed by atoms with Crippen LogP contribution in [0.15, 0.2) is 18.2 Å². The maximum atomic E-state index is 13.2. The SMILES string of the molecule is CCNC(C(=O)O)c1cc(F)ccc1F. The van der Waals surface area contributed by atoms with Crippen LogP contribution in [0.1, 0.15) is 18.5 Å². The third-order valence-corrected chi connectivity index (χ3v) is 1.92. The zero-order valence-corrected chi connectivity index (χ0v) is 8.13. The zero-order valence-electron chi connectivity index (χ0n) is 8.13. The highest BCUT2D eigenvalue weighted by Crippen LogP contribution is 2.18. The first-order valence-corrected chi connectivity index (χ1v) is 4.47. The molecule has 0 radical (unpaired) electrons. The van der Waals surface area contributed by atoms with Crippen LogP contribution in [0.4, 0.5) is 8.78 Å². The molecule has 0 aromatic heterocycles. The first kappa shape index (κ1) is 11.6. The van der Waals surface area contributed by atoms with Gasteiger partial charge in [-0.1, -0.05) is 6.92 Å². The highest BCUT2D eigenvalue weighted by molar-refractivity contribution is 5.75. The molecule has 0 aliphatic carbocycles. The summed E-state index contributed by atoms with van der Waals surface area (Å²) in [6.07, 6.45) is 0. The van der Waals surface area contributed by atoms with Gasteiger partial charge in [0.05, 0.1) is 0 Å². The van der Waals surface area contributed by atoms with Gasteiger partial charge in [-0.05, 0) is 24.7 Å². The van der Waals surface area contributed by atoms with Gasteiger partial charge in [0.25, 0.3) is 0 Å². The zero-order chi connectivity index (χ0) is 11.4. The summed E-state index contributed by atoms with van der Waals surface area (Å²) >= 11 is 0. The number of halogens is 2. The maximum absolute atomic E-state index is 13.2. The second-order valence-electron chi connectivity index (χ2n) is 2.99. The molecule has 0 heterocycles. The topological polar surface area (TPSA) is 49.3 Å². The van der Waals surface area contributed by atoms with Gasteiger partial charge in [0.1, 0.15) is 17.7 Å². The molecule has 5 heteroatoms. The van der Waals surface area contributed by atoms with Gasteiger partial charge in [0, 0.05) is 5.56 Å². The molecule has 1 unspecified atom stereocenters. The van der Waals surface area contributed by atoms with Crippen LogP contribution < -0.4 is 5.32 Å². The summed E-state index contributed by atoms with van der Waals surface area (Å²) in [4.78, 5) is 10.8. The second-order valence-corrected chi connectivity index (χ2v) is 2.99. The number of rotatable bonds is 4. The van der Waals surface area contributed by atoms with Gasteiger partial charge in [-0.3, -0.25) is 4.79 Å². The molecule has 1 atom stereocenters. The molecule has 0 spiro atoms. The predicted molar refractivity (Wildman–Crippen MR) is 50.4 cm³/mol. The summed E-state index contributed by atoms with van der Waals surface area (Å²) in [7, 11) is 0. The van der Waals surface area contributed by atoms with E-state index >= 15 is 0 Å². The molecule has 1 aromatic rings. The Morgan fingerprint density at radius 2 is 2.20 bits per heavy atom. The Kier molecular flexibility index (Phi) is 3.74. The van der Waals surface area contributed by atoms with E-state index in [1.807, 2.05) is 0 Å². The number of likely N-dealkylation sites (N-methyl/N-ethyl adjacent to an activating group) is 1. The lowest BCUT2D eigenvalue weighted by Crippen LogP contribution is -2.29. The molecular formula is C10H11F2NO2. The molecule has 0 amide bonds. The van der Waals surface area contributed by atoms with Crippen molar-refractivity contribution < 1.29 is 18.7 Å². The van der Waals surface area contributed by atoms with E-state index in [-0.39, 0.29) is 5.56 Å². The second kappa shape index (κ2) is 4.84. The number of nitrogens with one attached hydrogen (secondary N) is 1. The fourth-order valence-corrected chi connectivity index (χ4v) is 1.27. The number of aliphatic carboxylic acids is 1. The summed E-state index contributed by atoms with van der Waals surface area (Å²) in [5.74, 6) is -2.62. The number of carboxylic acid groups (broad SMARTS) is 1. The van der Waals surface area contributed by atoms with Crippen LogP contribution in [0.25, 0.3) is 0 Å². The molecular weight excluding hydrogens is 204 g/mol. The number of hydrogen-bond donors (Lipinski definition) is 2. The molecule has 1 aromatic carbocycles. The third kappa shape index (κ3) is 2.73.